The van der Waals surface area contributed by atoms with Crippen LogP contribution in [0.3, 0.4) is 0 Å². The number of nitro groups is 2. The Kier molecular flexibility index (Phi) is 4.52. The molecule has 1 N–H and O–H groups in total. The maximum Gasteiger partial charge on any atom is 0.280 e. The van der Waals surface area contributed by atoms with Gasteiger partial charge < -0.3 is 5.32 Å². The fourth-order valence-corrected chi connectivity index (χ4v) is 2.80. The first-order valence-corrected chi connectivity index (χ1v) is 7.08. The molecule has 0 aromatic heterocycles. The van der Waals surface area contributed by atoms with Gasteiger partial charge in [-0.25, -0.2) is 0 Å². The highest BCUT2D eigenvalue weighted by molar-refractivity contribution is 5.49. The first-order chi connectivity index (χ1) is 9.91. The van der Waals surface area contributed by atoms with Crippen molar-refractivity contribution < 1.29 is 9.85 Å². The third kappa shape index (κ3) is 3.75. The van der Waals surface area contributed by atoms with Gasteiger partial charge in [-0.15, -0.1) is 0 Å². The van der Waals surface area contributed by atoms with Crippen molar-refractivity contribution in [3.05, 3.63) is 44.0 Å². The highest BCUT2D eigenvalue weighted by Crippen LogP contribution is 2.29. The van der Waals surface area contributed by atoms with Gasteiger partial charge in [-0.1, -0.05) is 19.3 Å². The minimum atomic E-state index is -0.618. The average Bonchev–Trinajstić information content (AvgIpc) is 2.45. The Hall–Kier alpha value is -2.02. The molecular weight excluding hydrogens is 274 g/mol. The number of nitrogens with zero attached hydrogens (tertiary/aromatic N) is 2. The summed E-state index contributed by atoms with van der Waals surface area (Å²) in [4.78, 5) is 20.6. The van der Waals surface area contributed by atoms with Crippen LogP contribution >= 0.6 is 0 Å². The maximum absolute atomic E-state index is 11.1. The molecule has 0 aliphatic heterocycles. The van der Waals surface area contributed by atoms with Crippen molar-refractivity contribution in [1.29, 1.82) is 0 Å². The van der Waals surface area contributed by atoms with E-state index in [1.165, 1.54) is 18.6 Å². The van der Waals surface area contributed by atoms with Gasteiger partial charge in [0.05, 0.1) is 15.9 Å². The van der Waals surface area contributed by atoms with E-state index >= 15 is 0 Å². The zero-order valence-electron chi connectivity index (χ0n) is 12.0. The molecule has 0 saturated heterocycles. The fourth-order valence-electron chi connectivity index (χ4n) is 2.80. The van der Waals surface area contributed by atoms with E-state index in [-0.39, 0.29) is 16.9 Å². The van der Waals surface area contributed by atoms with Crippen LogP contribution in [0, 0.1) is 20.2 Å². The van der Waals surface area contributed by atoms with Crippen LogP contribution in [0.2, 0.25) is 0 Å². The zero-order chi connectivity index (χ0) is 15.5. The number of nitrogens with one attached hydrogen (secondary N) is 1. The molecule has 1 aromatic carbocycles. The van der Waals surface area contributed by atoms with Crippen molar-refractivity contribution in [1.82, 2.24) is 5.32 Å². The molecule has 1 fully saturated rings. The molecule has 0 amide bonds. The second-order valence-electron chi connectivity index (χ2n) is 5.80. The van der Waals surface area contributed by atoms with Gasteiger partial charge in [0.15, 0.2) is 0 Å². The second kappa shape index (κ2) is 6.17. The summed E-state index contributed by atoms with van der Waals surface area (Å²) in [5.74, 6) is 0. The summed E-state index contributed by atoms with van der Waals surface area (Å²) in [6.07, 6.45) is 5.65. The van der Waals surface area contributed by atoms with Crippen molar-refractivity contribution in [2.24, 2.45) is 0 Å². The maximum atomic E-state index is 11.1. The van der Waals surface area contributed by atoms with E-state index in [2.05, 4.69) is 12.2 Å². The molecule has 21 heavy (non-hydrogen) atoms. The third-order valence-electron chi connectivity index (χ3n) is 4.14. The van der Waals surface area contributed by atoms with Crippen LogP contribution in [0.4, 0.5) is 11.4 Å². The SMILES string of the molecule is CC1(NCc2ccc([N+](=O)[O-])cc2[N+](=O)[O-])CCCCC1. The second-order valence-corrected chi connectivity index (χ2v) is 5.80. The van der Waals surface area contributed by atoms with Crippen LogP contribution < -0.4 is 5.32 Å². The summed E-state index contributed by atoms with van der Waals surface area (Å²) in [6.45, 7) is 2.48. The lowest BCUT2D eigenvalue weighted by molar-refractivity contribution is -0.394. The number of benzene rings is 1. The number of rotatable bonds is 5. The molecule has 2 rings (SSSR count). The minimum Gasteiger partial charge on any atom is -0.307 e. The Morgan fingerprint density at radius 2 is 1.81 bits per heavy atom. The van der Waals surface area contributed by atoms with Gasteiger partial charge in [-0.2, -0.15) is 0 Å². The standard InChI is InChI=1S/C14H19N3O4/c1-14(7-3-2-4-8-14)15-10-11-5-6-12(16(18)19)9-13(11)17(20)21/h5-6,9,15H,2-4,7-8,10H2,1H3. The fraction of sp³-hybridized carbons (Fsp3) is 0.571. The molecule has 0 unspecified atom stereocenters. The molecule has 1 aliphatic rings. The summed E-state index contributed by atoms with van der Waals surface area (Å²) >= 11 is 0. The van der Waals surface area contributed by atoms with Gasteiger partial charge in [0.25, 0.3) is 11.4 Å². The number of hydrogen-bond acceptors (Lipinski definition) is 5. The van der Waals surface area contributed by atoms with Crippen LogP contribution in [-0.4, -0.2) is 15.4 Å². The average molecular weight is 293 g/mol. The topological polar surface area (TPSA) is 98.3 Å². The van der Waals surface area contributed by atoms with Crippen LogP contribution in [0.15, 0.2) is 18.2 Å². The number of hydrogen-bond donors (Lipinski definition) is 1. The van der Waals surface area contributed by atoms with Crippen molar-refractivity contribution in [2.45, 2.75) is 51.1 Å². The number of nitro benzene ring substituents is 2. The van der Waals surface area contributed by atoms with E-state index in [1.54, 1.807) is 0 Å². The predicted molar refractivity (Wildman–Crippen MR) is 78.1 cm³/mol. The molecule has 1 aromatic rings. The lowest BCUT2D eigenvalue weighted by Gasteiger charge is -2.34. The molecule has 0 bridgehead atoms. The third-order valence-corrected chi connectivity index (χ3v) is 4.14. The Balaban J connectivity index is 2.15. The summed E-state index contributed by atoms with van der Waals surface area (Å²) < 4.78 is 0. The van der Waals surface area contributed by atoms with E-state index in [4.69, 9.17) is 0 Å². The Morgan fingerprint density at radius 3 is 2.38 bits per heavy atom. The van der Waals surface area contributed by atoms with Gasteiger partial charge in [-0.05, 0) is 25.8 Å². The van der Waals surface area contributed by atoms with Crippen molar-refractivity contribution in [3.63, 3.8) is 0 Å². The summed E-state index contributed by atoms with van der Waals surface area (Å²) in [7, 11) is 0. The van der Waals surface area contributed by atoms with E-state index in [9.17, 15) is 20.2 Å². The normalized spacial score (nSPS) is 17.4. The van der Waals surface area contributed by atoms with E-state index in [1.807, 2.05) is 0 Å². The molecule has 1 saturated carbocycles. The summed E-state index contributed by atoms with van der Waals surface area (Å²) in [6, 6.07) is 3.81. The van der Waals surface area contributed by atoms with E-state index in [0.29, 0.717) is 12.1 Å². The minimum absolute atomic E-state index is 0.00606. The monoisotopic (exact) mass is 293 g/mol. The van der Waals surface area contributed by atoms with Gasteiger partial charge in [0.2, 0.25) is 0 Å². The lowest BCUT2D eigenvalue weighted by atomic mass is 9.83. The van der Waals surface area contributed by atoms with Crippen LogP contribution in [0.5, 0.6) is 0 Å². The summed E-state index contributed by atoms with van der Waals surface area (Å²) in [5, 5.41) is 25.2. The molecule has 1 aliphatic carbocycles. The van der Waals surface area contributed by atoms with Crippen LogP contribution in [0.25, 0.3) is 0 Å². The molecule has 7 nitrogen and oxygen atoms in total. The first kappa shape index (κ1) is 15.4. The Bertz CT molecular complexity index is 553. The highest BCUT2D eigenvalue weighted by atomic mass is 16.6. The predicted octanol–water partition coefficient (Wildman–Crippen LogP) is 3.32. The van der Waals surface area contributed by atoms with Crippen LogP contribution in [0.1, 0.15) is 44.6 Å². The van der Waals surface area contributed by atoms with Gasteiger partial charge in [-0.3, -0.25) is 20.2 Å². The summed E-state index contributed by atoms with van der Waals surface area (Å²) in [5.41, 5.74) is 0.0243. The molecule has 0 atom stereocenters. The van der Waals surface area contributed by atoms with E-state index in [0.717, 1.165) is 31.7 Å². The molecule has 7 heteroatoms. The Labute approximate surface area is 122 Å². The highest BCUT2D eigenvalue weighted by Gasteiger charge is 2.27. The Morgan fingerprint density at radius 1 is 1.14 bits per heavy atom. The molecule has 0 spiro atoms. The molecule has 0 heterocycles. The number of non-ortho nitro benzene ring substituents is 1. The largest absolute Gasteiger partial charge is 0.307 e. The van der Waals surface area contributed by atoms with Gasteiger partial charge in [0, 0.05) is 23.7 Å². The first-order valence-electron chi connectivity index (χ1n) is 7.08. The lowest BCUT2D eigenvalue weighted by Crippen LogP contribution is -2.43. The van der Waals surface area contributed by atoms with Crippen molar-refractivity contribution >= 4 is 11.4 Å². The van der Waals surface area contributed by atoms with Crippen molar-refractivity contribution in [2.75, 3.05) is 0 Å². The molecular formula is C14H19N3O4. The van der Waals surface area contributed by atoms with Gasteiger partial charge in [0.1, 0.15) is 0 Å². The molecule has 0 radical (unpaired) electrons. The van der Waals surface area contributed by atoms with Crippen molar-refractivity contribution in [3.8, 4) is 0 Å². The molecule has 114 valence electrons. The van der Waals surface area contributed by atoms with E-state index < -0.39 is 9.85 Å². The zero-order valence-corrected chi connectivity index (χ0v) is 12.0. The van der Waals surface area contributed by atoms with Crippen LogP contribution in [-0.2, 0) is 6.54 Å². The van der Waals surface area contributed by atoms with Gasteiger partial charge >= 0.3 is 0 Å². The smallest absolute Gasteiger partial charge is 0.280 e. The quantitative estimate of drug-likeness (QED) is 0.663.